The van der Waals surface area contributed by atoms with Gasteiger partial charge in [-0.3, -0.25) is 4.79 Å². The molecule has 1 aliphatic heterocycles. The highest BCUT2D eigenvalue weighted by Crippen LogP contribution is 2.21. The van der Waals surface area contributed by atoms with Crippen LogP contribution in [0.25, 0.3) is 0 Å². The van der Waals surface area contributed by atoms with Gasteiger partial charge in [-0.2, -0.15) is 0 Å². The van der Waals surface area contributed by atoms with Crippen molar-refractivity contribution in [2.75, 3.05) is 0 Å². The molecule has 1 aliphatic rings. The zero-order valence-corrected chi connectivity index (χ0v) is 14.5. The monoisotopic (exact) mass is 341 g/mol. The first kappa shape index (κ1) is 17.0. The van der Waals surface area contributed by atoms with Crippen molar-refractivity contribution >= 4 is 11.9 Å². The summed E-state index contributed by atoms with van der Waals surface area (Å²) < 4.78 is 0. The van der Waals surface area contributed by atoms with Crippen LogP contribution in [0.2, 0.25) is 0 Å². The Labute approximate surface area is 146 Å². The number of nitrogens with one attached hydrogen (secondary N) is 3. The van der Waals surface area contributed by atoms with Gasteiger partial charge in [0.2, 0.25) is 5.91 Å². The molecule has 1 atom stereocenters. The minimum absolute atomic E-state index is 0.0160. The van der Waals surface area contributed by atoms with Crippen LogP contribution in [-0.4, -0.2) is 38.9 Å². The Morgan fingerprint density at radius 3 is 2.80 bits per heavy atom. The Balaban J connectivity index is 1.73. The number of urea groups is 1. The lowest BCUT2D eigenvalue weighted by Crippen LogP contribution is -2.56. The molecule has 0 radical (unpaired) electrons. The molecule has 0 bridgehead atoms. The lowest BCUT2D eigenvalue weighted by Gasteiger charge is -2.34. The molecule has 2 aromatic rings. The van der Waals surface area contributed by atoms with Gasteiger partial charge in [0.25, 0.3) is 0 Å². The van der Waals surface area contributed by atoms with Crippen molar-refractivity contribution in [2.24, 2.45) is 0 Å². The molecule has 0 fully saturated rings. The van der Waals surface area contributed by atoms with E-state index in [1.54, 1.807) is 11.2 Å². The van der Waals surface area contributed by atoms with Crippen LogP contribution in [0.15, 0.2) is 36.7 Å². The van der Waals surface area contributed by atoms with Gasteiger partial charge in [-0.25, -0.2) is 9.78 Å². The summed E-state index contributed by atoms with van der Waals surface area (Å²) >= 11 is 0. The molecular formula is C18H23N5O2. The standard InChI is InChI=1S/C18H23N5O2/c1-12(2)22-17(24)16-8-14-15(21-11-20-14)10-23(16)18(25)19-9-13-6-4-3-5-7-13/h3-7,11-12,16H,8-10H2,1-2H3,(H,19,25)(H,20,21)(H,22,24)/t16-/m0/s1. The van der Waals surface area contributed by atoms with Crippen molar-refractivity contribution in [2.45, 2.75) is 45.4 Å². The molecule has 3 N–H and O–H groups in total. The Kier molecular flexibility index (Phi) is 5.02. The smallest absolute Gasteiger partial charge is 0.318 e. The van der Waals surface area contributed by atoms with Gasteiger partial charge in [-0.1, -0.05) is 30.3 Å². The van der Waals surface area contributed by atoms with Crippen LogP contribution < -0.4 is 10.6 Å². The second-order valence-electron chi connectivity index (χ2n) is 6.48. The van der Waals surface area contributed by atoms with Crippen molar-refractivity contribution < 1.29 is 9.59 Å². The first-order valence-corrected chi connectivity index (χ1v) is 8.44. The van der Waals surface area contributed by atoms with Crippen molar-refractivity contribution in [3.63, 3.8) is 0 Å². The van der Waals surface area contributed by atoms with Crippen LogP contribution >= 0.6 is 0 Å². The van der Waals surface area contributed by atoms with E-state index >= 15 is 0 Å². The summed E-state index contributed by atoms with van der Waals surface area (Å²) in [5.74, 6) is -0.154. The third kappa shape index (κ3) is 3.99. The second kappa shape index (κ2) is 7.38. The molecule has 7 heteroatoms. The highest BCUT2D eigenvalue weighted by atomic mass is 16.2. The van der Waals surface area contributed by atoms with Crippen molar-refractivity contribution in [1.82, 2.24) is 25.5 Å². The van der Waals surface area contributed by atoms with Crippen molar-refractivity contribution in [1.29, 1.82) is 0 Å². The molecule has 132 valence electrons. The lowest BCUT2D eigenvalue weighted by molar-refractivity contribution is -0.126. The number of hydrogen-bond acceptors (Lipinski definition) is 3. The van der Waals surface area contributed by atoms with E-state index in [2.05, 4.69) is 20.6 Å². The van der Waals surface area contributed by atoms with Crippen molar-refractivity contribution in [3.05, 3.63) is 53.6 Å². The van der Waals surface area contributed by atoms with Gasteiger partial charge in [0, 0.05) is 19.0 Å². The number of carbonyl (C=O) groups is 2. The van der Waals surface area contributed by atoms with Crippen LogP contribution in [-0.2, 0) is 24.3 Å². The van der Waals surface area contributed by atoms with Crippen LogP contribution in [0.3, 0.4) is 0 Å². The quantitative estimate of drug-likeness (QED) is 0.788. The number of rotatable bonds is 4. The Morgan fingerprint density at radius 2 is 2.08 bits per heavy atom. The number of hydrogen-bond donors (Lipinski definition) is 3. The zero-order chi connectivity index (χ0) is 17.8. The van der Waals surface area contributed by atoms with Gasteiger partial charge in [0.15, 0.2) is 0 Å². The lowest BCUT2D eigenvalue weighted by atomic mass is 10.0. The maximum atomic E-state index is 12.7. The van der Waals surface area contributed by atoms with Gasteiger partial charge in [0.1, 0.15) is 6.04 Å². The van der Waals surface area contributed by atoms with Crippen LogP contribution in [0.4, 0.5) is 4.79 Å². The summed E-state index contributed by atoms with van der Waals surface area (Å²) in [4.78, 5) is 34.1. The van der Waals surface area contributed by atoms with E-state index in [1.165, 1.54) is 0 Å². The SMILES string of the molecule is CC(C)NC(=O)[C@@H]1Cc2nc[nH]c2CN1C(=O)NCc1ccccc1. The Hall–Kier alpha value is -2.83. The molecule has 1 aromatic heterocycles. The second-order valence-corrected chi connectivity index (χ2v) is 6.48. The van der Waals surface area contributed by atoms with Crippen LogP contribution in [0.1, 0.15) is 30.8 Å². The number of fused-ring (bicyclic) bond motifs is 1. The molecule has 2 heterocycles. The Morgan fingerprint density at radius 1 is 1.32 bits per heavy atom. The molecule has 3 amide bonds. The maximum absolute atomic E-state index is 12.7. The highest BCUT2D eigenvalue weighted by molar-refractivity contribution is 5.88. The van der Waals surface area contributed by atoms with E-state index < -0.39 is 6.04 Å². The van der Waals surface area contributed by atoms with Gasteiger partial charge >= 0.3 is 6.03 Å². The van der Waals surface area contributed by atoms with E-state index in [-0.39, 0.29) is 18.0 Å². The van der Waals surface area contributed by atoms with Crippen LogP contribution in [0.5, 0.6) is 0 Å². The first-order valence-electron chi connectivity index (χ1n) is 8.44. The summed E-state index contributed by atoms with van der Waals surface area (Å²) in [5, 5.41) is 5.80. The predicted octanol–water partition coefficient (Wildman–Crippen LogP) is 1.57. The molecule has 7 nitrogen and oxygen atoms in total. The molecule has 25 heavy (non-hydrogen) atoms. The van der Waals surface area contributed by atoms with E-state index in [4.69, 9.17) is 0 Å². The summed E-state index contributed by atoms with van der Waals surface area (Å²) in [7, 11) is 0. The van der Waals surface area contributed by atoms with Gasteiger partial charge in [-0.15, -0.1) is 0 Å². The van der Waals surface area contributed by atoms with E-state index in [0.29, 0.717) is 19.5 Å². The molecule has 0 spiro atoms. The molecule has 0 aliphatic carbocycles. The summed E-state index contributed by atoms with van der Waals surface area (Å²) in [6, 6.07) is 8.89. The van der Waals surface area contributed by atoms with Gasteiger partial charge < -0.3 is 20.5 Å². The molecule has 0 saturated carbocycles. The topological polar surface area (TPSA) is 90.1 Å². The van der Waals surface area contributed by atoms with Crippen LogP contribution in [0, 0.1) is 0 Å². The Bertz CT molecular complexity index is 741. The zero-order valence-electron chi connectivity index (χ0n) is 14.5. The minimum Gasteiger partial charge on any atom is -0.352 e. The fourth-order valence-electron chi connectivity index (χ4n) is 2.94. The third-order valence-electron chi connectivity index (χ3n) is 4.18. The number of H-pyrrole nitrogens is 1. The van der Waals surface area contributed by atoms with Crippen molar-refractivity contribution in [3.8, 4) is 0 Å². The number of carbonyl (C=O) groups excluding carboxylic acids is 2. The minimum atomic E-state index is -0.561. The van der Waals surface area contributed by atoms with E-state index in [9.17, 15) is 9.59 Å². The van der Waals surface area contributed by atoms with Gasteiger partial charge in [-0.05, 0) is 19.4 Å². The molecule has 1 aromatic carbocycles. The molecule has 3 rings (SSSR count). The number of aromatic amines is 1. The third-order valence-corrected chi connectivity index (χ3v) is 4.18. The van der Waals surface area contributed by atoms with E-state index in [1.807, 2.05) is 44.2 Å². The molecule has 0 unspecified atom stereocenters. The highest BCUT2D eigenvalue weighted by Gasteiger charge is 2.36. The predicted molar refractivity (Wildman–Crippen MR) is 93.6 cm³/mol. The fourth-order valence-corrected chi connectivity index (χ4v) is 2.94. The molecule has 0 saturated heterocycles. The van der Waals surface area contributed by atoms with Gasteiger partial charge in [0.05, 0.1) is 24.3 Å². The fraction of sp³-hybridized carbons (Fsp3) is 0.389. The summed E-state index contributed by atoms with van der Waals surface area (Å²) in [5.41, 5.74) is 2.73. The number of nitrogens with zero attached hydrogens (tertiary/aromatic N) is 2. The summed E-state index contributed by atoms with van der Waals surface area (Å²) in [6.45, 7) is 4.57. The average Bonchev–Trinajstić information content (AvgIpc) is 3.06. The summed E-state index contributed by atoms with van der Waals surface area (Å²) in [6.07, 6.45) is 2.02. The molecular weight excluding hydrogens is 318 g/mol. The number of amides is 3. The van der Waals surface area contributed by atoms with E-state index in [0.717, 1.165) is 17.0 Å². The number of benzene rings is 1. The number of imidazole rings is 1. The maximum Gasteiger partial charge on any atom is 0.318 e. The normalized spacial score (nSPS) is 16.4. The average molecular weight is 341 g/mol. The largest absolute Gasteiger partial charge is 0.352 e. The first-order chi connectivity index (χ1) is 12.0. The number of aromatic nitrogens is 2.